The Hall–Kier alpha value is -2.59. The first-order valence-electron chi connectivity index (χ1n) is 11.1. The van der Waals surface area contributed by atoms with Crippen LogP contribution in [-0.2, 0) is 4.74 Å². The van der Waals surface area contributed by atoms with Crippen LogP contribution in [0.15, 0.2) is 45.6 Å². The zero-order chi connectivity index (χ0) is 22.9. The van der Waals surface area contributed by atoms with Crippen molar-refractivity contribution in [2.45, 2.75) is 38.9 Å². The van der Waals surface area contributed by atoms with Crippen LogP contribution in [-0.4, -0.2) is 46.1 Å². The van der Waals surface area contributed by atoms with E-state index in [0.717, 1.165) is 48.4 Å². The van der Waals surface area contributed by atoms with Gasteiger partial charge in [-0.3, -0.25) is 4.90 Å². The molecule has 168 valence electrons. The minimum Gasteiger partial charge on any atom is -0.543 e. The molecule has 0 saturated carbocycles. The minimum atomic E-state index is -1.98. The molecule has 5 nitrogen and oxygen atoms in total. The highest BCUT2D eigenvalue weighted by atomic mass is 28.4. The second-order valence-electron chi connectivity index (χ2n) is 9.86. The Balaban J connectivity index is 1.63. The van der Waals surface area contributed by atoms with Crippen molar-refractivity contribution in [3.8, 4) is 17.6 Å². The average Bonchev–Trinajstić information content (AvgIpc) is 2.73. The van der Waals surface area contributed by atoms with E-state index < -0.39 is 8.32 Å². The molecule has 0 unspecified atom stereocenters. The molecule has 1 aromatic heterocycles. The van der Waals surface area contributed by atoms with Gasteiger partial charge in [-0.05, 0) is 42.4 Å². The molecule has 4 rings (SSSR count). The van der Waals surface area contributed by atoms with Gasteiger partial charge in [-0.1, -0.05) is 38.7 Å². The monoisotopic (exact) mass is 449 g/mol. The number of nitrogens with zero attached hydrogens (tertiary/aromatic N) is 1. The number of ether oxygens (including phenoxy) is 1. The summed E-state index contributed by atoms with van der Waals surface area (Å²) in [5, 5.41) is 2.41. The van der Waals surface area contributed by atoms with Crippen LogP contribution < -0.4 is 10.1 Å². The van der Waals surface area contributed by atoms with E-state index in [-0.39, 0.29) is 10.7 Å². The quantitative estimate of drug-likeness (QED) is 0.243. The van der Waals surface area contributed by atoms with Crippen LogP contribution >= 0.6 is 0 Å². The van der Waals surface area contributed by atoms with E-state index >= 15 is 0 Å². The molecule has 1 saturated heterocycles. The van der Waals surface area contributed by atoms with E-state index in [1.54, 1.807) is 0 Å². The Morgan fingerprint density at radius 1 is 1.03 bits per heavy atom. The van der Waals surface area contributed by atoms with Crippen molar-refractivity contribution in [2.24, 2.45) is 0 Å². The van der Waals surface area contributed by atoms with Crippen molar-refractivity contribution in [3.05, 3.63) is 52.4 Å². The third-order valence-electron chi connectivity index (χ3n) is 6.50. The lowest BCUT2D eigenvalue weighted by atomic mass is 10.0. The fraction of sp³-hybridized carbons (Fsp3) is 0.423. The van der Waals surface area contributed by atoms with Gasteiger partial charge in [0.1, 0.15) is 11.3 Å². The van der Waals surface area contributed by atoms with Crippen LogP contribution in [0.1, 0.15) is 26.3 Å². The topological polar surface area (TPSA) is 51.9 Å². The fourth-order valence-electron chi connectivity index (χ4n) is 3.51. The third kappa shape index (κ3) is 4.75. The zero-order valence-electron chi connectivity index (χ0n) is 19.6. The molecule has 1 aliphatic heterocycles. The molecular formula is C26H31NO4Si. The average molecular weight is 450 g/mol. The van der Waals surface area contributed by atoms with Crippen molar-refractivity contribution in [3.63, 3.8) is 0 Å². The summed E-state index contributed by atoms with van der Waals surface area (Å²) in [7, 11) is -1.98. The maximum atomic E-state index is 12.8. The number of benzene rings is 2. The predicted molar refractivity (Wildman–Crippen MR) is 132 cm³/mol. The molecule has 6 heteroatoms. The lowest BCUT2D eigenvalue weighted by molar-refractivity contribution is 0.0443. The van der Waals surface area contributed by atoms with E-state index in [9.17, 15) is 4.79 Å². The second-order valence-corrected chi connectivity index (χ2v) is 14.6. The van der Waals surface area contributed by atoms with Crippen LogP contribution in [0.5, 0.6) is 5.75 Å². The van der Waals surface area contributed by atoms with Gasteiger partial charge < -0.3 is 13.6 Å². The molecule has 2 heterocycles. The molecule has 0 N–H and O–H groups in total. The lowest BCUT2D eigenvalue weighted by Crippen LogP contribution is -2.43. The summed E-state index contributed by atoms with van der Waals surface area (Å²) in [5.41, 5.74) is 1.01. The Labute approximate surface area is 190 Å². The molecule has 32 heavy (non-hydrogen) atoms. The molecule has 0 atom stereocenters. The molecule has 1 fully saturated rings. The Morgan fingerprint density at radius 3 is 2.47 bits per heavy atom. The molecule has 0 aliphatic carbocycles. The summed E-state index contributed by atoms with van der Waals surface area (Å²) in [4.78, 5) is 15.0. The summed E-state index contributed by atoms with van der Waals surface area (Å²) < 4.78 is 17.4. The van der Waals surface area contributed by atoms with E-state index in [2.05, 4.69) is 50.6 Å². The van der Waals surface area contributed by atoms with Crippen molar-refractivity contribution in [2.75, 3.05) is 32.8 Å². The summed E-state index contributed by atoms with van der Waals surface area (Å²) in [5.74, 6) is 7.14. The molecule has 1 aliphatic rings. The van der Waals surface area contributed by atoms with Crippen LogP contribution in [0.3, 0.4) is 0 Å². The fourth-order valence-corrected chi connectivity index (χ4v) is 4.54. The molecule has 0 radical (unpaired) electrons. The zero-order valence-corrected chi connectivity index (χ0v) is 20.6. The number of hydrogen-bond acceptors (Lipinski definition) is 5. The number of hydrogen-bond donors (Lipinski definition) is 0. The van der Waals surface area contributed by atoms with Gasteiger partial charge in [-0.2, -0.15) is 0 Å². The van der Waals surface area contributed by atoms with Crippen LogP contribution in [0.4, 0.5) is 0 Å². The van der Waals surface area contributed by atoms with Gasteiger partial charge in [0.25, 0.3) is 0 Å². The maximum Gasteiger partial charge on any atom is 0.344 e. The largest absolute Gasteiger partial charge is 0.543 e. The van der Waals surface area contributed by atoms with Crippen molar-refractivity contribution in [1.29, 1.82) is 0 Å². The smallest absolute Gasteiger partial charge is 0.344 e. The molecule has 0 amide bonds. The first-order valence-corrected chi connectivity index (χ1v) is 14.0. The lowest BCUT2D eigenvalue weighted by Gasteiger charge is -2.36. The number of fused-ring (bicyclic) bond motifs is 3. The van der Waals surface area contributed by atoms with E-state index in [1.807, 2.05) is 36.4 Å². The Kier molecular flexibility index (Phi) is 6.17. The first kappa shape index (κ1) is 22.6. The second kappa shape index (κ2) is 8.74. The van der Waals surface area contributed by atoms with Crippen molar-refractivity contribution >= 4 is 30.1 Å². The number of rotatable bonds is 3. The minimum absolute atomic E-state index is 0.0887. The van der Waals surface area contributed by atoms with Crippen LogP contribution in [0.25, 0.3) is 21.7 Å². The summed E-state index contributed by atoms with van der Waals surface area (Å²) in [6.45, 7) is 15.0. The molecule has 2 aromatic carbocycles. The Bertz CT molecular complexity index is 1250. The standard InChI is InChI=1S/C26H31NO4Si/c1-26(2,3)32(4,5)31-20-9-11-22-21-10-8-19(7-6-12-27-13-15-29-16-14-27)17-23(21)25(28)30-24(22)18-20/h8-11,17-18H,12-16H2,1-5H3. The normalized spacial score (nSPS) is 15.5. The van der Waals surface area contributed by atoms with Gasteiger partial charge >= 0.3 is 5.63 Å². The van der Waals surface area contributed by atoms with Gasteiger partial charge in [-0.25, -0.2) is 4.79 Å². The van der Waals surface area contributed by atoms with E-state index in [4.69, 9.17) is 13.6 Å². The molecule has 3 aromatic rings. The van der Waals surface area contributed by atoms with Gasteiger partial charge in [0.2, 0.25) is 8.32 Å². The summed E-state index contributed by atoms with van der Waals surface area (Å²) >= 11 is 0. The predicted octanol–water partition coefficient (Wildman–Crippen LogP) is 5.01. The summed E-state index contributed by atoms with van der Waals surface area (Å²) in [6.07, 6.45) is 0. The summed E-state index contributed by atoms with van der Waals surface area (Å²) in [6, 6.07) is 11.5. The van der Waals surface area contributed by atoms with E-state index in [0.29, 0.717) is 17.5 Å². The molecule has 0 bridgehead atoms. The van der Waals surface area contributed by atoms with Gasteiger partial charge in [0.05, 0.1) is 25.1 Å². The van der Waals surface area contributed by atoms with Gasteiger partial charge in [-0.15, -0.1) is 0 Å². The highest BCUT2D eigenvalue weighted by Gasteiger charge is 2.39. The highest BCUT2D eigenvalue weighted by Crippen LogP contribution is 2.38. The molecule has 0 spiro atoms. The Morgan fingerprint density at radius 2 is 1.75 bits per heavy atom. The van der Waals surface area contributed by atoms with E-state index in [1.165, 1.54) is 0 Å². The van der Waals surface area contributed by atoms with Crippen molar-refractivity contribution < 1.29 is 13.6 Å². The SMILES string of the molecule is CC(C)(C)[Si](C)(C)Oc1ccc2c(c1)oc(=O)c1cc(C#CCN3CCOCC3)ccc12. The third-order valence-corrected chi connectivity index (χ3v) is 10.9. The molecular weight excluding hydrogens is 418 g/mol. The van der Waals surface area contributed by atoms with Crippen LogP contribution in [0.2, 0.25) is 18.1 Å². The number of morpholine rings is 1. The van der Waals surface area contributed by atoms with Crippen molar-refractivity contribution in [1.82, 2.24) is 4.90 Å². The highest BCUT2D eigenvalue weighted by molar-refractivity contribution is 6.74. The first-order chi connectivity index (χ1) is 15.1. The van der Waals surface area contributed by atoms with Crippen LogP contribution in [0, 0.1) is 11.8 Å². The van der Waals surface area contributed by atoms with Gasteiger partial charge in [0.15, 0.2) is 0 Å². The van der Waals surface area contributed by atoms with Gasteiger partial charge in [0, 0.05) is 35.5 Å². The maximum absolute atomic E-state index is 12.8.